The van der Waals surface area contributed by atoms with E-state index in [0.717, 1.165) is 19.4 Å². The first-order chi connectivity index (χ1) is 9.61. The van der Waals surface area contributed by atoms with Gasteiger partial charge >= 0.3 is 0 Å². The van der Waals surface area contributed by atoms with E-state index in [2.05, 4.69) is 22.1 Å². The Morgan fingerprint density at radius 2 is 2.20 bits per heavy atom. The van der Waals surface area contributed by atoms with Crippen LogP contribution in [0.25, 0.3) is 0 Å². The third-order valence-corrected chi connectivity index (χ3v) is 4.70. The van der Waals surface area contributed by atoms with Crippen LogP contribution in [0.1, 0.15) is 46.0 Å². The minimum Gasteiger partial charge on any atom is -0.368 e. The van der Waals surface area contributed by atoms with Crippen molar-refractivity contribution in [2.75, 3.05) is 12.3 Å². The molecule has 0 aromatic carbocycles. The van der Waals surface area contributed by atoms with Crippen LogP contribution in [0.5, 0.6) is 0 Å². The average molecular weight is 297 g/mol. The first-order valence-electron chi connectivity index (χ1n) is 7.26. The second-order valence-electron chi connectivity index (χ2n) is 5.18. The molecule has 112 valence electrons. The molecular weight excluding hydrogens is 274 g/mol. The number of nitrogens with zero attached hydrogens (tertiary/aromatic N) is 3. The first kappa shape index (κ1) is 15.2. The number of rotatable bonds is 5. The van der Waals surface area contributed by atoms with Gasteiger partial charge in [-0.05, 0) is 26.7 Å². The standard InChI is InChI=1S/C13H23N5OS/c1-3-18(10-7-5-4-6-8-10)11(19)9(2)20-13-15-12(14)16-17-13/h9-10H,3-8H2,1-2H3,(H3,14,15,16,17)/t9-/m0/s1. The zero-order valence-corrected chi connectivity index (χ0v) is 12.9. The summed E-state index contributed by atoms with van der Waals surface area (Å²) in [7, 11) is 0. The summed E-state index contributed by atoms with van der Waals surface area (Å²) < 4.78 is 0. The molecule has 0 unspecified atom stereocenters. The molecule has 1 aliphatic rings. The molecule has 1 amide bonds. The number of nitrogen functional groups attached to an aromatic ring is 1. The van der Waals surface area contributed by atoms with Gasteiger partial charge in [-0.15, -0.1) is 5.10 Å². The van der Waals surface area contributed by atoms with Crippen molar-refractivity contribution in [3.63, 3.8) is 0 Å². The molecule has 1 fully saturated rings. The molecule has 7 heteroatoms. The SMILES string of the molecule is CCN(C(=O)[C@H](C)Sc1n[nH]c(N)n1)C1CCCCC1. The summed E-state index contributed by atoms with van der Waals surface area (Å²) in [6.07, 6.45) is 6.01. The molecule has 1 aliphatic carbocycles. The number of H-pyrrole nitrogens is 1. The summed E-state index contributed by atoms with van der Waals surface area (Å²) in [5.74, 6) is 0.458. The number of carbonyl (C=O) groups is 1. The monoisotopic (exact) mass is 297 g/mol. The molecule has 6 nitrogen and oxygen atoms in total. The van der Waals surface area contributed by atoms with E-state index in [0.29, 0.717) is 11.2 Å². The highest BCUT2D eigenvalue weighted by Crippen LogP contribution is 2.26. The lowest BCUT2D eigenvalue weighted by atomic mass is 9.94. The van der Waals surface area contributed by atoms with E-state index in [1.54, 1.807) is 0 Å². The minimum absolute atomic E-state index is 0.174. The van der Waals surface area contributed by atoms with E-state index >= 15 is 0 Å². The summed E-state index contributed by atoms with van der Waals surface area (Å²) >= 11 is 1.36. The molecule has 0 radical (unpaired) electrons. The number of anilines is 1. The van der Waals surface area contributed by atoms with Crippen LogP contribution in [0.4, 0.5) is 5.95 Å². The molecule has 1 aromatic rings. The molecule has 1 atom stereocenters. The lowest BCUT2D eigenvalue weighted by Crippen LogP contribution is -2.44. The Morgan fingerprint density at radius 3 is 2.75 bits per heavy atom. The number of aromatic nitrogens is 3. The average Bonchev–Trinajstić information content (AvgIpc) is 2.86. The van der Waals surface area contributed by atoms with Crippen LogP contribution in [-0.2, 0) is 4.79 Å². The van der Waals surface area contributed by atoms with Crippen molar-refractivity contribution in [2.45, 2.75) is 62.4 Å². The molecule has 20 heavy (non-hydrogen) atoms. The van der Waals surface area contributed by atoms with Crippen molar-refractivity contribution in [3.05, 3.63) is 0 Å². The Morgan fingerprint density at radius 1 is 1.50 bits per heavy atom. The molecule has 1 aromatic heterocycles. The van der Waals surface area contributed by atoms with Crippen LogP contribution < -0.4 is 5.73 Å². The Kier molecular flexibility index (Phi) is 5.28. The van der Waals surface area contributed by atoms with Gasteiger partial charge in [0.05, 0.1) is 5.25 Å². The van der Waals surface area contributed by atoms with Crippen molar-refractivity contribution >= 4 is 23.6 Å². The topological polar surface area (TPSA) is 87.9 Å². The Balaban J connectivity index is 1.96. The van der Waals surface area contributed by atoms with Crippen LogP contribution in [-0.4, -0.2) is 43.8 Å². The largest absolute Gasteiger partial charge is 0.368 e. The maximum atomic E-state index is 12.6. The number of thioether (sulfide) groups is 1. The lowest BCUT2D eigenvalue weighted by Gasteiger charge is -2.35. The van der Waals surface area contributed by atoms with Crippen molar-refractivity contribution in [3.8, 4) is 0 Å². The maximum absolute atomic E-state index is 12.6. The summed E-state index contributed by atoms with van der Waals surface area (Å²) in [6, 6.07) is 0.404. The third kappa shape index (κ3) is 3.65. The molecule has 0 saturated heterocycles. The highest BCUT2D eigenvalue weighted by Gasteiger charge is 2.28. The molecule has 0 bridgehead atoms. The molecule has 1 heterocycles. The smallest absolute Gasteiger partial charge is 0.236 e. The summed E-state index contributed by atoms with van der Waals surface area (Å²) in [6.45, 7) is 4.73. The van der Waals surface area contributed by atoms with Crippen LogP contribution in [0.15, 0.2) is 5.16 Å². The van der Waals surface area contributed by atoms with Gasteiger partial charge in [0.25, 0.3) is 0 Å². The fourth-order valence-electron chi connectivity index (χ4n) is 2.74. The Bertz CT molecular complexity index is 444. The second kappa shape index (κ2) is 6.97. The molecule has 0 spiro atoms. The van der Waals surface area contributed by atoms with E-state index in [1.807, 2.05) is 11.8 Å². The fourth-order valence-corrected chi connectivity index (χ4v) is 3.54. The van der Waals surface area contributed by atoms with Crippen molar-refractivity contribution in [1.82, 2.24) is 20.1 Å². The van der Waals surface area contributed by atoms with Gasteiger partial charge in [0, 0.05) is 12.6 Å². The molecule has 2 rings (SSSR count). The summed E-state index contributed by atoms with van der Waals surface area (Å²) in [5, 5.41) is 6.90. The number of hydrogen-bond donors (Lipinski definition) is 2. The highest BCUT2D eigenvalue weighted by atomic mass is 32.2. The normalized spacial score (nSPS) is 17.9. The molecular formula is C13H23N5OS. The number of nitrogens with one attached hydrogen (secondary N) is 1. The third-order valence-electron chi connectivity index (χ3n) is 3.75. The predicted molar refractivity (Wildman–Crippen MR) is 80.4 cm³/mol. The van der Waals surface area contributed by atoms with Crippen molar-refractivity contribution < 1.29 is 4.79 Å². The maximum Gasteiger partial charge on any atom is 0.236 e. The zero-order chi connectivity index (χ0) is 14.5. The lowest BCUT2D eigenvalue weighted by molar-refractivity contribution is -0.133. The van der Waals surface area contributed by atoms with Crippen molar-refractivity contribution in [2.24, 2.45) is 0 Å². The van der Waals surface area contributed by atoms with E-state index in [9.17, 15) is 4.79 Å². The van der Waals surface area contributed by atoms with Gasteiger partial charge in [-0.3, -0.25) is 4.79 Å². The number of carbonyl (C=O) groups excluding carboxylic acids is 1. The molecule has 0 aliphatic heterocycles. The Labute approximate surface area is 123 Å². The Hall–Kier alpha value is -1.24. The van der Waals surface area contributed by atoms with E-state index in [1.165, 1.54) is 31.0 Å². The highest BCUT2D eigenvalue weighted by molar-refractivity contribution is 8.00. The van der Waals surface area contributed by atoms with Crippen LogP contribution >= 0.6 is 11.8 Å². The van der Waals surface area contributed by atoms with Gasteiger partial charge in [-0.1, -0.05) is 31.0 Å². The van der Waals surface area contributed by atoms with Gasteiger partial charge in [0.15, 0.2) is 0 Å². The number of aromatic amines is 1. The molecule has 3 N–H and O–H groups in total. The van der Waals surface area contributed by atoms with E-state index in [-0.39, 0.29) is 17.1 Å². The van der Waals surface area contributed by atoms with Gasteiger partial charge in [0.1, 0.15) is 0 Å². The van der Waals surface area contributed by atoms with E-state index in [4.69, 9.17) is 5.73 Å². The van der Waals surface area contributed by atoms with Crippen molar-refractivity contribution in [1.29, 1.82) is 0 Å². The predicted octanol–water partition coefficient (Wildman–Crippen LogP) is 2.05. The number of hydrogen-bond acceptors (Lipinski definition) is 5. The first-order valence-corrected chi connectivity index (χ1v) is 8.14. The fraction of sp³-hybridized carbons (Fsp3) is 0.769. The summed E-state index contributed by atoms with van der Waals surface area (Å²) in [4.78, 5) is 18.6. The van der Waals surface area contributed by atoms with Gasteiger partial charge < -0.3 is 10.6 Å². The van der Waals surface area contributed by atoms with E-state index < -0.39 is 0 Å². The minimum atomic E-state index is -0.188. The van der Waals surface area contributed by atoms with Gasteiger partial charge in [-0.2, -0.15) is 4.98 Å². The quantitative estimate of drug-likeness (QED) is 0.812. The number of nitrogens with two attached hydrogens (primary N) is 1. The second-order valence-corrected chi connectivity index (χ2v) is 6.49. The molecule has 1 saturated carbocycles. The zero-order valence-electron chi connectivity index (χ0n) is 12.1. The van der Waals surface area contributed by atoms with Crippen LogP contribution in [0.2, 0.25) is 0 Å². The van der Waals surface area contributed by atoms with Gasteiger partial charge in [0.2, 0.25) is 17.0 Å². The number of amides is 1. The van der Waals surface area contributed by atoms with Crippen LogP contribution in [0, 0.1) is 0 Å². The van der Waals surface area contributed by atoms with Gasteiger partial charge in [-0.25, -0.2) is 5.10 Å². The van der Waals surface area contributed by atoms with Crippen LogP contribution in [0.3, 0.4) is 0 Å². The summed E-state index contributed by atoms with van der Waals surface area (Å²) in [5.41, 5.74) is 5.50.